The van der Waals surface area contributed by atoms with Crippen LogP contribution in [0, 0.1) is 5.82 Å². The zero-order chi connectivity index (χ0) is 14.9. The third kappa shape index (κ3) is 2.80. The monoisotopic (exact) mass is 293 g/mol. The standard InChI is InChI=1S/C14H16FN3OS/c1-9(2)18-6-5-17(14(18)19)8-10-3-4-12(15)11(7-10)13(16)20/h3-7,9H,8H2,1-2H3,(H2,16,20). The van der Waals surface area contributed by atoms with E-state index in [9.17, 15) is 9.18 Å². The quantitative estimate of drug-likeness (QED) is 0.878. The van der Waals surface area contributed by atoms with E-state index in [-0.39, 0.29) is 22.3 Å². The molecule has 0 bridgehead atoms. The van der Waals surface area contributed by atoms with Crippen molar-refractivity contribution in [2.24, 2.45) is 5.73 Å². The molecule has 1 aromatic heterocycles. The molecule has 0 saturated heterocycles. The molecular weight excluding hydrogens is 277 g/mol. The zero-order valence-corrected chi connectivity index (χ0v) is 12.2. The fraction of sp³-hybridized carbons (Fsp3) is 0.286. The fourth-order valence-electron chi connectivity index (χ4n) is 2.00. The highest BCUT2D eigenvalue weighted by atomic mass is 32.1. The Balaban J connectivity index is 2.33. The largest absolute Gasteiger partial charge is 0.389 e. The first-order chi connectivity index (χ1) is 9.40. The average molecular weight is 293 g/mol. The molecule has 1 heterocycles. The van der Waals surface area contributed by atoms with Gasteiger partial charge in [0, 0.05) is 24.0 Å². The normalized spacial score (nSPS) is 11.0. The zero-order valence-electron chi connectivity index (χ0n) is 11.3. The number of hydrogen-bond donors (Lipinski definition) is 1. The van der Waals surface area contributed by atoms with E-state index < -0.39 is 5.82 Å². The van der Waals surface area contributed by atoms with E-state index in [1.54, 1.807) is 33.7 Å². The highest BCUT2D eigenvalue weighted by Crippen LogP contribution is 2.12. The predicted octanol–water partition coefficient (Wildman–Crippen LogP) is 2.05. The summed E-state index contributed by atoms with van der Waals surface area (Å²) in [6.45, 7) is 4.23. The second-order valence-corrected chi connectivity index (χ2v) is 5.33. The summed E-state index contributed by atoms with van der Waals surface area (Å²) < 4.78 is 16.7. The summed E-state index contributed by atoms with van der Waals surface area (Å²) in [5.41, 5.74) is 6.35. The van der Waals surface area contributed by atoms with Crippen molar-refractivity contribution in [2.45, 2.75) is 26.4 Å². The third-order valence-corrected chi connectivity index (χ3v) is 3.30. The van der Waals surface area contributed by atoms with E-state index in [1.807, 2.05) is 13.8 Å². The van der Waals surface area contributed by atoms with Crippen molar-refractivity contribution in [1.82, 2.24) is 9.13 Å². The van der Waals surface area contributed by atoms with Crippen molar-refractivity contribution in [3.8, 4) is 0 Å². The van der Waals surface area contributed by atoms with Gasteiger partial charge in [0.15, 0.2) is 0 Å². The van der Waals surface area contributed by atoms with Gasteiger partial charge in [-0.15, -0.1) is 0 Å². The van der Waals surface area contributed by atoms with Crippen molar-refractivity contribution >= 4 is 17.2 Å². The van der Waals surface area contributed by atoms with Crippen LogP contribution in [0.2, 0.25) is 0 Å². The van der Waals surface area contributed by atoms with Crippen LogP contribution in [0.25, 0.3) is 0 Å². The first-order valence-corrected chi connectivity index (χ1v) is 6.66. The van der Waals surface area contributed by atoms with Crippen molar-refractivity contribution < 1.29 is 4.39 Å². The number of halogens is 1. The van der Waals surface area contributed by atoms with E-state index in [4.69, 9.17) is 18.0 Å². The molecule has 0 atom stereocenters. The molecular formula is C14H16FN3OS. The molecule has 4 nitrogen and oxygen atoms in total. The SMILES string of the molecule is CC(C)n1ccn(Cc2ccc(F)c(C(N)=S)c2)c1=O. The molecule has 2 rings (SSSR count). The molecule has 20 heavy (non-hydrogen) atoms. The van der Waals surface area contributed by atoms with Crippen molar-refractivity contribution in [3.63, 3.8) is 0 Å². The summed E-state index contributed by atoms with van der Waals surface area (Å²) in [4.78, 5) is 12.1. The van der Waals surface area contributed by atoms with Gasteiger partial charge in [0.25, 0.3) is 0 Å². The second-order valence-electron chi connectivity index (χ2n) is 4.89. The van der Waals surface area contributed by atoms with Gasteiger partial charge in [-0.25, -0.2) is 9.18 Å². The predicted molar refractivity (Wildman–Crippen MR) is 80.5 cm³/mol. The number of nitrogens with two attached hydrogens (primary N) is 1. The van der Waals surface area contributed by atoms with Crippen molar-refractivity contribution in [1.29, 1.82) is 0 Å². The van der Waals surface area contributed by atoms with Crippen LogP contribution >= 0.6 is 12.2 Å². The van der Waals surface area contributed by atoms with Crippen LogP contribution in [0.5, 0.6) is 0 Å². The van der Waals surface area contributed by atoms with Gasteiger partial charge in [0.1, 0.15) is 10.8 Å². The average Bonchev–Trinajstić information content (AvgIpc) is 2.73. The van der Waals surface area contributed by atoms with Crippen LogP contribution in [-0.2, 0) is 6.54 Å². The van der Waals surface area contributed by atoms with Crippen LogP contribution in [0.4, 0.5) is 4.39 Å². The Morgan fingerprint density at radius 2 is 2.10 bits per heavy atom. The van der Waals surface area contributed by atoms with Crippen LogP contribution in [0.15, 0.2) is 35.4 Å². The minimum atomic E-state index is -0.451. The topological polar surface area (TPSA) is 52.9 Å². The fourth-order valence-corrected chi connectivity index (χ4v) is 2.15. The number of benzene rings is 1. The summed E-state index contributed by atoms with van der Waals surface area (Å²) in [7, 11) is 0. The molecule has 0 unspecified atom stereocenters. The summed E-state index contributed by atoms with van der Waals surface area (Å²) >= 11 is 4.80. The Labute approximate surface area is 121 Å². The minimum absolute atomic E-state index is 0.0106. The summed E-state index contributed by atoms with van der Waals surface area (Å²) in [5.74, 6) is -0.451. The molecule has 2 aromatic rings. The van der Waals surface area contributed by atoms with Gasteiger partial charge in [-0.3, -0.25) is 9.13 Å². The number of imidazole rings is 1. The highest BCUT2D eigenvalue weighted by molar-refractivity contribution is 7.80. The molecule has 2 N–H and O–H groups in total. The Morgan fingerprint density at radius 1 is 1.40 bits per heavy atom. The van der Waals surface area contributed by atoms with Gasteiger partial charge in [0.05, 0.1) is 6.54 Å². The lowest BCUT2D eigenvalue weighted by molar-refractivity contribution is 0.561. The summed E-state index contributed by atoms with van der Waals surface area (Å²) in [6, 6.07) is 4.62. The number of hydrogen-bond acceptors (Lipinski definition) is 2. The van der Waals surface area contributed by atoms with Crippen LogP contribution < -0.4 is 11.4 Å². The maximum atomic E-state index is 13.5. The molecule has 1 aromatic carbocycles. The summed E-state index contributed by atoms with van der Waals surface area (Å²) in [6.07, 6.45) is 3.46. The van der Waals surface area contributed by atoms with Crippen molar-refractivity contribution in [3.05, 3.63) is 58.0 Å². The van der Waals surface area contributed by atoms with Gasteiger partial charge < -0.3 is 5.73 Å². The lowest BCUT2D eigenvalue weighted by atomic mass is 10.1. The highest BCUT2D eigenvalue weighted by Gasteiger charge is 2.09. The number of rotatable bonds is 4. The lowest BCUT2D eigenvalue weighted by Crippen LogP contribution is -2.25. The molecule has 0 radical (unpaired) electrons. The first kappa shape index (κ1) is 14.5. The van der Waals surface area contributed by atoms with E-state index in [0.717, 1.165) is 5.56 Å². The van der Waals surface area contributed by atoms with Crippen molar-refractivity contribution in [2.75, 3.05) is 0 Å². The number of aromatic nitrogens is 2. The molecule has 0 aliphatic carbocycles. The van der Waals surface area contributed by atoms with E-state index in [2.05, 4.69) is 0 Å². The molecule has 0 aliphatic rings. The van der Waals surface area contributed by atoms with Crippen LogP contribution in [0.3, 0.4) is 0 Å². The number of thiocarbonyl (C=S) groups is 1. The molecule has 0 saturated carbocycles. The Morgan fingerprint density at radius 3 is 2.65 bits per heavy atom. The maximum absolute atomic E-state index is 13.5. The second kappa shape index (κ2) is 5.58. The molecule has 6 heteroatoms. The van der Waals surface area contributed by atoms with Crippen LogP contribution in [-0.4, -0.2) is 14.1 Å². The maximum Gasteiger partial charge on any atom is 0.328 e. The molecule has 0 amide bonds. The molecule has 0 aliphatic heterocycles. The van der Waals surface area contributed by atoms with Gasteiger partial charge in [0.2, 0.25) is 0 Å². The third-order valence-electron chi connectivity index (χ3n) is 3.08. The first-order valence-electron chi connectivity index (χ1n) is 6.25. The van der Waals surface area contributed by atoms with Crippen LogP contribution in [0.1, 0.15) is 31.0 Å². The van der Waals surface area contributed by atoms with Gasteiger partial charge in [-0.2, -0.15) is 0 Å². The molecule has 106 valence electrons. The smallest absolute Gasteiger partial charge is 0.328 e. The summed E-state index contributed by atoms with van der Waals surface area (Å²) in [5, 5.41) is 0. The van der Waals surface area contributed by atoms with Gasteiger partial charge in [-0.05, 0) is 31.5 Å². The van der Waals surface area contributed by atoms with E-state index >= 15 is 0 Å². The minimum Gasteiger partial charge on any atom is -0.389 e. The Hall–Kier alpha value is -1.95. The van der Waals surface area contributed by atoms with Gasteiger partial charge in [-0.1, -0.05) is 18.3 Å². The van der Waals surface area contributed by atoms with E-state index in [1.165, 1.54) is 6.07 Å². The Bertz CT molecular complexity index is 703. The molecule has 0 fully saturated rings. The van der Waals surface area contributed by atoms with E-state index in [0.29, 0.717) is 6.54 Å². The molecule has 0 spiro atoms. The van der Waals surface area contributed by atoms with Gasteiger partial charge >= 0.3 is 5.69 Å². The lowest BCUT2D eigenvalue weighted by Gasteiger charge is -2.07. The Kier molecular flexibility index (Phi) is 4.04. The number of nitrogens with zero attached hydrogens (tertiary/aromatic N) is 2.